The molecule has 0 atom stereocenters. The van der Waals surface area contributed by atoms with Gasteiger partial charge in [0.1, 0.15) is 0 Å². The molecular weight excluding hydrogens is 496 g/mol. The number of amides is 1. The molecule has 0 bridgehead atoms. The molecule has 2 aromatic rings. The molecule has 23 heavy (non-hydrogen) atoms. The maximum absolute atomic E-state index is 12.0. The second-order valence-electron chi connectivity index (χ2n) is 4.32. The molecule has 0 saturated heterocycles. The molecule has 120 valence electrons. The summed E-state index contributed by atoms with van der Waals surface area (Å²) in [4.78, 5) is 12.0. The number of rotatable bonds is 4. The summed E-state index contributed by atoms with van der Waals surface area (Å²) in [5.74, 6) is -0.0675. The van der Waals surface area contributed by atoms with Crippen LogP contribution in [0.15, 0.2) is 48.9 Å². The lowest BCUT2D eigenvalue weighted by Crippen LogP contribution is -2.18. The lowest BCUT2D eigenvalue weighted by atomic mass is 10.2. The lowest BCUT2D eigenvalue weighted by molar-refractivity contribution is 0.0954. The van der Waals surface area contributed by atoms with Crippen molar-refractivity contribution in [2.45, 2.75) is 0 Å². The maximum Gasteiger partial charge on any atom is 0.272 e. The molecule has 0 aliphatic carbocycles. The van der Waals surface area contributed by atoms with E-state index in [4.69, 9.17) is 4.74 Å². The number of hydrogen-bond acceptors (Lipinski definition) is 4. The van der Waals surface area contributed by atoms with Crippen molar-refractivity contribution in [1.82, 2.24) is 5.43 Å². The first-order valence-electron chi connectivity index (χ1n) is 6.28. The zero-order valence-electron chi connectivity index (χ0n) is 11.8. The number of phenols is 1. The molecule has 0 radical (unpaired) electrons. The number of hydrogen-bond donors (Lipinski definition) is 2. The number of methoxy groups -OCH3 is 1. The van der Waals surface area contributed by atoms with Crippen LogP contribution in [0.5, 0.6) is 11.5 Å². The van der Waals surface area contributed by atoms with Gasteiger partial charge in [-0.05, 0) is 66.0 Å². The molecule has 2 aromatic carbocycles. The molecule has 2 N–H and O–H groups in total. The normalized spacial score (nSPS) is 10.8. The summed E-state index contributed by atoms with van der Waals surface area (Å²) in [7, 11) is 1.45. The molecule has 0 saturated carbocycles. The summed E-state index contributed by atoms with van der Waals surface area (Å²) in [6.07, 6.45) is 1.45. The minimum Gasteiger partial charge on any atom is -0.503 e. The first-order chi connectivity index (χ1) is 11.0. The molecule has 0 aromatic heterocycles. The van der Waals surface area contributed by atoms with Crippen LogP contribution in [0.1, 0.15) is 15.9 Å². The second kappa shape index (κ2) is 7.94. The number of hydrazone groups is 1. The van der Waals surface area contributed by atoms with Crippen LogP contribution in [0.4, 0.5) is 0 Å². The summed E-state index contributed by atoms with van der Waals surface area (Å²) in [5.41, 5.74) is 3.55. The second-order valence-corrected chi connectivity index (χ2v) is 6.76. The van der Waals surface area contributed by atoms with Crippen molar-refractivity contribution >= 4 is 59.9 Å². The van der Waals surface area contributed by atoms with Gasteiger partial charge in [0.2, 0.25) is 0 Å². The average molecular weight is 507 g/mol. The highest BCUT2D eigenvalue weighted by Gasteiger charge is 2.14. The first kappa shape index (κ1) is 18.0. The van der Waals surface area contributed by atoms with E-state index in [2.05, 4.69) is 58.3 Å². The minimum absolute atomic E-state index is 0.0197. The Morgan fingerprint density at radius 1 is 1.26 bits per heavy atom. The van der Waals surface area contributed by atoms with Crippen molar-refractivity contribution < 1.29 is 14.6 Å². The van der Waals surface area contributed by atoms with Crippen molar-refractivity contribution in [1.29, 1.82) is 0 Å². The third-order valence-electron chi connectivity index (χ3n) is 2.88. The van der Waals surface area contributed by atoms with Crippen LogP contribution >= 0.6 is 47.8 Å². The van der Waals surface area contributed by atoms with Gasteiger partial charge in [0.15, 0.2) is 11.5 Å². The monoisotopic (exact) mass is 504 g/mol. The van der Waals surface area contributed by atoms with E-state index in [1.165, 1.54) is 13.3 Å². The molecule has 0 spiro atoms. The summed E-state index contributed by atoms with van der Waals surface area (Å²) in [6, 6.07) is 8.64. The van der Waals surface area contributed by atoms with Crippen LogP contribution in [-0.4, -0.2) is 24.3 Å². The third-order valence-corrected chi connectivity index (χ3v) is 5.73. The zero-order valence-corrected chi connectivity index (χ0v) is 16.6. The van der Waals surface area contributed by atoms with E-state index in [1.807, 2.05) is 6.07 Å². The Morgan fingerprint density at radius 2 is 1.96 bits per heavy atom. The fraction of sp³-hybridized carbons (Fsp3) is 0.0667. The summed E-state index contributed by atoms with van der Waals surface area (Å²) < 4.78 is 6.79. The van der Waals surface area contributed by atoms with Crippen LogP contribution in [0, 0.1) is 0 Å². The van der Waals surface area contributed by atoms with Gasteiger partial charge < -0.3 is 9.84 Å². The Balaban J connectivity index is 2.20. The highest BCUT2D eigenvalue weighted by Crippen LogP contribution is 2.41. The number of ether oxygens (including phenoxy) is 1. The van der Waals surface area contributed by atoms with Gasteiger partial charge in [-0.25, -0.2) is 5.43 Å². The molecule has 0 unspecified atom stereocenters. The van der Waals surface area contributed by atoms with Gasteiger partial charge >= 0.3 is 0 Å². The van der Waals surface area contributed by atoms with Gasteiger partial charge in [-0.2, -0.15) is 5.10 Å². The molecule has 2 rings (SSSR count). The fourth-order valence-electron chi connectivity index (χ4n) is 1.73. The van der Waals surface area contributed by atoms with E-state index >= 15 is 0 Å². The zero-order chi connectivity index (χ0) is 17.0. The number of nitrogens with one attached hydrogen (secondary N) is 1. The maximum atomic E-state index is 12.0. The predicted octanol–water partition coefficient (Wildman–Crippen LogP) is 4.45. The number of phenolic OH excluding ortho intramolecular Hbond substituents is 1. The molecule has 0 heterocycles. The van der Waals surface area contributed by atoms with E-state index in [0.717, 1.165) is 0 Å². The number of halogens is 3. The quantitative estimate of drug-likeness (QED) is 0.475. The molecule has 0 fully saturated rings. The van der Waals surface area contributed by atoms with Crippen molar-refractivity contribution in [3.8, 4) is 11.5 Å². The van der Waals surface area contributed by atoms with Crippen molar-refractivity contribution in [3.05, 3.63) is 54.9 Å². The van der Waals surface area contributed by atoms with E-state index in [0.29, 0.717) is 30.3 Å². The van der Waals surface area contributed by atoms with E-state index < -0.39 is 0 Å². The third kappa shape index (κ3) is 4.13. The lowest BCUT2D eigenvalue weighted by Gasteiger charge is -2.09. The largest absolute Gasteiger partial charge is 0.503 e. The fourth-order valence-corrected chi connectivity index (χ4v) is 3.02. The average Bonchev–Trinajstić information content (AvgIpc) is 2.55. The van der Waals surface area contributed by atoms with Crippen molar-refractivity contribution in [2.75, 3.05) is 7.11 Å². The van der Waals surface area contributed by atoms with Crippen LogP contribution in [0.25, 0.3) is 0 Å². The molecule has 1 amide bonds. The first-order valence-corrected chi connectivity index (χ1v) is 8.66. The van der Waals surface area contributed by atoms with E-state index in [-0.39, 0.29) is 11.7 Å². The Bertz CT molecular complexity index is 779. The van der Waals surface area contributed by atoms with Crippen LogP contribution in [-0.2, 0) is 0 Å². The Labute approximate surface area is 158 Å². The van der Waals surface area contributed by atoms with Crippen LogP contribution < -0.4 is 10.2 Å². The molecule has 5 nitrogen and oxygen atoms in total. The number of aromatic hydroxyl groups is 1. The van der Waals surface area contributed by atoms with Gasteiger partial charge in [0.25, 0.3) is 5.91 Å². The Morgan fingerprint density at radius 3 is 2.61 bits per heavy atom. The van der Waals surface area contributed by atoms with E-state index in [1.54, 1.807) is 24.3 Å². The highest BCUT2D eigenvalue weighted by atomic mass is 79.9. The van der Waals surface area contributed by atoms with Crippen molar-refractivity contribution in [2.24, 2.45) is 5.10 Å². The van der Waals surface area contributed by atoms with E-state index in [9.17, 15) is 9.90 Å². The van der Waals surface area contributed by atoms with Gasteiger partial charge in [-0.3, -0.25) is 4.79 Å². The number of carbonyl (C=O) groups excluding carboxylic acids is 1. The number of benzene rings is 2. The van der Waals surface area contributed by atoms with Gasteiger partial charge in [-0.15, -0.1) is 0 Å². The molecular formula is C15H11Br3N2O3. The smallest absolute Gasteiger partial charge is 0.272 e. The topological polar surface area (TPSA) is 70.9 Å². The van der Waals surface area contributed by atoms with Crippen LogP contribution in [0.2, 0.25) is 0 Å². The highest BCUT2D eigenvalue weighted by molar-refractivity contribution is 9.13. The van der Waals surface area contributed by atoms with Gasteiger partial charge in [0.05, 0.1) is 23.4 Å². The summed E-state index contributed by atoms with van der Waals surface area (Å²) in [5, 5.41) is 13.8. The standard InChI is InChI=1S/C15H11Br3N2O3/c1-23-11-6-8(12(17)13(18)14(11)21)7-19-20-15(22)9-4-2-3-5-10(9)16/h2-7,21H,1H3,(H,20,22)/b19-7+. The SMILES string of the molecule is COc1cc(/C=N/NC(=O)c2ccccc2Br)c(Br)c(Br)c1O. The van der Waals surface area contributed by atoms with Crippen LogP contribution in [0.3, 0.4) is 0 Å². The predicted molar refractivity (Wildman–Crippen MR) is 99.3 cm³/mol. The minimum atomic E-state index is -0.338. The number of nitrogens with zero attached hydrogens (tertiary/aromatic N) is 1. The number of carbonyl (C=O) groups is 1. The van der Waals surface area contributed by atoms with Gasteiger partial charge in [0, 0.05) is 14.5 Å². The van der Waals surface area contributed by atoms with Crippen molar-refractivity contribution in [3.63, 3.8) is 0 Å². The molecule has 0 aliphatic rings. The Hall–Kier alpha value is -1.38. The molecule has 8 heteroatoms. The van der Waals surface area contributed by atoms with Gasteiger partial charge in [-0.1, -0.05) is 12.1 Å². The Kier molecular flexibility index (Phi) is 6.20. The summed E-state index contributed by atoms with van der Waals surface area (Å²) in [6.45, 7) is 0. The molecule has 0 aliphatic heterocycles. The summed E-state index contributed by atoms with van der Waals surface area (Å²) >= 11 is 9.91.